The lowest BCUT2D eigenvalue weighted by Gasteiger charge is -2.63. The van der Waals surface area contributed by atoms with Gasteiger partial charge in [-0.15, -0.1) is 0 Å². The Kier molecular flexibility index (Phi) is 57.9. The molecule has 5 rings (SSSR count). The van der Waals surface area contributed by atoms with Crippen molar-refractivity contribution in [3.8, 4) is 22.5 Å². The summed E-state index contributed by atoms with van der Waals surface area (Å²) in [6.07, 6.45) is -86.8. The average Bonchev–Trinajstić information content (AvgIpc) is 0.705. The number of hydrogen-bond donors (Lipinski definition) is 1. The maximum atomic E-state index is 12.9. The first-order chi connectivity index (χ1) is 62.6. The van der Waals surface area contributed by atoms with E-state index >= 15 is 0 Å². The van der Waals surface area contributed by atoms with Crippen LogP contribution in [0.1, 0.15) is 26.3 Å². The van der Waals surface area contributed by atoms with Gasteiger partial charge in [0.15, 0.2) is 5.78 Å². The van der Waals surface area contributed by atoms with Gasteiger partial charge >= 0.3 is 0 Å². The fraction of sp³-hybridized carbons (Fsp3) is 0.0323. The summed E-state index contributed by atoms with van der Waals surface area (Å²) in [5, 5.41) is 3.32. The van der Waals surface area contributed by atoms with Crippen LogP contribution in [0.5, 0.6) is 0 Å². The van der Waals surface area contributed by atoms with E-state index in [1.807, 2.05) is 60.7 Å². The number of benzene rings is 3. The van der Waals surface area contributed by atoms with Gasteiger partial charge < -0.3 is 5.32 Å². The highest BCUT2D eigenvalue weighted by Gasteiger charge is 2.69. The smallest absolute Gasteiger partial charge is 0.255 e. The quantitative estimate of drug-likeness (QED) is 0.0311. The normalized spacial score (nSPS) is 10.1. The van der Waals surface area contributed by atoms with Crippen LogP contribution >= 0.6 is 11.6 Å². The zero-order chi connectivity index (χ0) is 103. The number of nitrogens with one attached hydrogen (secondary N) is 1. The summed E-state index contributed by atoms with van der Waals surface area (Å²) >= 11 is 6.31. The zero-order valence-corrected chi connectivity index (χ0v) is 77.1. The molecule has 0 saturated heterocycles. The van der Waals surface area contributed by atoms with E-state index in [0.717, 1.165) is 22.5 Å². The van der Waals surface area contributed by atoms with Crippen LogP contribution in [-0.2, 0) is 6.42 Å². The first-order valence-corrected chi connectivity index (χ1v) is 44.4. The van der Waals surface area contributed by atoms with E-state index in [0.29, 0.717) is 27.4 Å². The summed E-state index contributed by atoms with van der Waals surface area (Å²) < 4.78 is 0. The Balaban J connectivity index is 0.000000839. The van der Waals surface area contributed by atoms with Gasteiger partial charge in [-0.3, -0.25) is 19.6 Å². The summed E-state index contributed by atoms with van der Waals surface area (Å²) in [7, 11) is 354. The van der Waals surface area contributed by atoms with Gasteiger partial charge in [-0.2, -0.15) is 0 Å². The van der Waals surface area contributed by atoms with Crippen molar-refractivity contribution in [1.29, 1.82) is 0 Å². The molecule has 3 aromatic carbocycles. The monoisotopic (exact) mass is 1580 g/mol. The Morgan fingerprint density at radius 3 is 0.600 bits per heavy atom. The Morgan fingerprint density at radius 2 is 0.407 bits per heavy atom. The lowest BCUT2D eigenvalue weighted by atomic mass is 8.18. The fourth-order valence-electron chi connectivity index (χ4n) is 21.7. The predicted molar refractivity (Wildman–Crippen MR) is 711 cm³/mol. The largest absolute Gasteiger partial charge is 0.322 e. The van der Waals surface area contributed by atoms with Crippen molar-refractivity contribution in [2.75, 3.05) is 5.32 Å². The van der Waals surface area contributed by atoms with Gasteiger partial charge in [0, 0.05) is 745 Å². The van der Waals surface area contributed by atoms with Crippen LogP contribution in [0.15, 0.2) is 116 Å². The molecule has 0 aliphatic heterocycles. The third-order valence-corrected chi connectivity index (χ3v) is 27.0. The summed E-state index contributed by atoms with van der Waals surface area (Å²) in [6, 6.07) is 31.2. The maximum absolute atomic E-state index is 12.9. The second-order valence-corrected chi connectivity index (χ2v) is 36.6. The van der Waals surface area contributed by atoms with E-state index in [-0.39, 0.29) is 18.1 Å². The second kappa shape index (κ2) is 60.6. The van der Waals surface area contributed by atoms with Crippen molar-refractivity contribution >= 4 is 722 Å². The molecule has 104 heteroatoms. The number of halogens is 1. The summed E-state index contributed by atoms with van der Waals surface area (Å²) in [4.78, 5) is 34.4. The Bertz CT molecular complexity index is 3700. The zero-order valence-electron chi connectivity index (χ0n) is 76.3. The number of pyridine rings is 2. The van der Waals surface area contributed by atoms with Crippen LogP contribution in [0.25, 0.3) is 22.5 Å². The van der Waals surface area contributed by atoms with Crippen molar-refractivity contribution in [3.05, 3.63) is 137 Å². The number of Topliss-reactive ketones (excluding diaryl/α,β-unsaturated/α-hetero) is 1. The maximum Gasteiger partial charge on any atom is 0.255 e. The molecule has 0 unspecified atom stereocenters. The van der Waals surface area contributed by atoms with E-state index in [9.17, 15) is 9.59 Å². The van der Waals surface area contributed by atoms with Crippen LogP contribution in [0.4, 0.5) is 5.69 Å². The number of carbonyl (C=O) groups excluding carboxylic acids is 2. The molecule has 5 nitrogen and oxygen atoms in total. The van der Waals surface area contributed by atoms with Gasteiger partial charge in [-0.25, -0.2) is 0 Å². The molecule has 1 amide bonds. The molecule has 0 bridgehead atoms. The highest BCUT2D eigenvalue weighted by atomic mass is 35.5. The average molecular weight is 1560 g/mol. The Hall–Kier alpha value is 1.75. The van der Waals surface area contributed by atoms with Crippen LogP contribution < -0.4 is 5.32 Å². The van der Waals surface area contributed by atoms with Gasteiger partial charge in [0.25, 0.3) is 5.91 Å². The van der Waals surface area contributed by atoms with E-state index in [2.05, 4.69) is 15.3 Å². The molecule has 0 aliphatic carbocycles. The van der Waals surface area contributed by atoms with Crippen LogP contribution in [-0.4, -0.2) is 715 Å². The second-order valence-electron chi connectivity index (χ2n) is 36.2. The summed E-state index contributed by atoms with van der Waals surface area (Å²) in [5.74, 6) is -0.311. The highest BCUT2D eigenvalue weighted by molar-refractivity contribution is 8.44. The number of rotatable bonds is 54. The molecule has 135 heavy (non-hydrogen) atoms. The van der Waals surface area contributed by atoms with Gasteiger partial charge in [-0.05, 0) is 60.2 Å². The molecule has 0 spiro atoms. The SMILES string of the molecule is O=C(Cc1cc(Cl)cc(NC(=O)c2ccc(-c3ccccn3)cc2)c1)c1ccc(-c2ccccn2)cc1.[B]B([B])B(B([B])[B])B(B([B])[B])B(B(B([B])[B])B([B])[B])B(B(B(B([B])[B])B([B])[B])B(B([B])[B])B([B])[B])B(B(B(B(B([B])[B])B([B])[B])B(B([B])[B])B([B])[B])B(B(B([B])[B])B([B])[B])B(B([B])[B])B([B])[B])B(B(B(B([B])[B])B([B])[B])B(B([B])[B])B([B])[B])B(B(B([B])[B])B([B])[B])B(B([B])[B])B([B])[B]. The third kappa shape index (κ3) is 35.4. The fourth-order valence-corrected chi connectivity index (χ4v) is 22.0. The minimum absolute atomic E-state index is 0.0442. The number of carbonyl (C=O) groups is 2. The minimum Gasteiger partial charge on any atom is -0.322 e. The van der Waals surface area contributed by atoms with Crippen LogP contribution in [0.2, 0.25) is 5.02 Å². The molecule has 2 heterocycles. The minimum atomic E-state index is -2.29. The van der Waals surface area contributed by atoms with Crippen LogP contribution in [0, 0.1) is 0 Å². The van der Waals surface area contributed by atoms with Gasteiger partial charge in [0.2, 0.25) is 0 Å². The standard InChI is InChI=1S/C31H22ClN3O2.B98/c32-26-17-21(19-30(36)24-11-7-22(8-12-24)28-5-1-3-15-33-28)18-27(20-26)35-31(37)25-13-9-23(10-14-25)29-6-2-4-16-34-29;1-51(2)76(52(3)4)88(75(49)50)94(87(73(45)46)74(47)48)97(93(85(69(37)38)70(39)40)86(71(41)42)72(43)44)98(95(89(77(53(5)6)54(7)8)78(55(9)10)56(11)12)90(79(57(13)14)58(15)16)80(59(17)18)60(19)20)96(91(81(61(21)22)62(23)24)82(63(25)26)64(27)28)92(83(65(29)30)66(31)32)84(67(33)34)68(35)36/h1-18,20H,19H2,(H,35,37);. The van der Waals surface area contributed by atoms with Gasteiger partial charge in [-0.1, -0.05) is 60.1 Å². The third-order valence-electron chi connectivity index (χ3n) is 26.7. The predicted octanol–water partition coefficient (Wildman–Crippen LogP) is -30.2. The molecule has 0 aliphatic rings. The number of anilines is 1. The van der Waals surface area contributed by atoms with Crippen molar-refractivity contribution in [1.82, 2.24) is 9.97 Å². The van der Waals surface area contributed by atoms with E-state index < -0.39 is 306 Å². The molecule has 1 N–H and O–H groups in total. The molecule has 2 aromatic heterocycles. The molecule has 100 radical (unpaired) electrons. The topological polar surface area (TPSA) is 72.0 Å². The Morgan fingerprint density at radius 1 is 0.222 bits per heavy atom. The lowest BCUT2D eigenvalue weighted by molar-refractivity contribution is 0.0991. The van der Waals surface area contributed by atoms with Crippen molar-refractivity contribution < 1.29 is 9.59 Å². The Labute approximate surface area is 904 Å². The van der Waals surface area contributed by atoms with E-state index in [1.54, 1.807) is 54.9 Å². The molecule has 0 saturated carbocycles. The molecule has 5 aromatic rings. The molecular weight excluding hydrogens is 1540 g/mol. The number of hydrogen-bond acceptors (Lipinski definition) is 4. The highest BCUT2D eigenvalue weighted by Crippen LogP contribution is 2.32. The van der Waals surface area contributed by atoms with Crippen molar-refractivity contribution in [3.63, 3.8) is 0 Å². The number of amides is 1. The number of ketones is 1. The molecular formula is C31H22B98ClN3O2. The molecule has 0 atom stereocenters. The first-order valence-electron chi connectivity index (χ1n) is 44.1. The van der Waals surface area contributed by atoms with Crippen molar-refractivity contribution in [2.45, 2.75) is 6.42 Å². The molecule has 474 valence electrons. The summed E-state index contributed by atoms with van der Waals surface area (Å²) in [6.45, 7) is 0. The molecule has 0 fully saturated rings. The van der Waals surface area contributed by atoms with Crippen LogP contribution in [0.3, 0.4) is 0 Å². The van der Waals surface area contributed by atoms with E-state index in [4.69, 9.17) is 398 Å². The summed E-state index contributed by atoms with van der Waals surface area (Å²) in [5.41, 5.74) is 5.90. The number of nitrogens with zero attached hydrogens (tertiary/aromatic N) is 2. The number of aromatic nitrogens is 2. The van der Waals surface area contributed by atoms with E-state index in [1.165, 1.54) is 0 Å². The van der Waals surface area contributed by atoms with Gasteiger partial charge in [0.05, 0.1) is 11.4 Å². The van der Waals surface area contributed by atoms with Crippen molar-refractivity contribution in [2.24, 2.45) is 0 Å². The first kappa shape index (κ1) is 129. The van der Waals surface area contributed by atoms with Gasteiger partial charge in [0.1, 0.15) is 0 Å². The lowest BCUT2D eigenvalue weighted by Crippen LogP contribution is -3.01.